The van der Waals surface area contributed by atoms with Crippen molar-refractivity contribution in [3.8, 4) is 11.5 Å². The number of sulfonamides is 1. The van der Waals surface area contributed by atoms with Crippen LogP contribution >= 0.6 is 11.3 Å². The van der Waals surface area contributed by atoms with Crippen LogP contribution in [-0.2, 0) is 21.4 Å². The Balaban J connectivity index is 1.38. The summed E-state index contributed by atoms with van der Waals surface area (Å²) in [5.74, 6) is -1.29. The molecule has 1 aliphatic heterocycles. The van der Waals surface area contributed by atoms with E-state index in [0.717, 1.165) is 40.7 Å². The molecule has 1 aliphatic rings. The van der Waals surface area contributed by atoms with Crippen molar-refractivity contribution >= 4 is 42.7 Å². The van der Waals surface area contributed by atoms with E-state index in [1.54, 1.807) is 18.0 Å². The van der Waals surface area contributed by atoms with Crippen molar-refractivity contribution < 1.29 is 49.0 Å². The van der Waals surface area contributed by atoms with Gasteiger partial charge >= 0.3 is 12.7 Å². The summed E-state index contributed by atoms with van der Waals surface area (Å²) in [5.41, 5.74) is 0.913. The maximum Gasteiger partial charge on any atom is 0.573 e. The summed E-state index contributed by atoms with van der Waals surface area (Å²) in [7, 11) is -4.41. The summed E-state index contributed by atoms with van der Waals surface area (Å²) in [6.07, 6.45) is -8.31. The molecule has 240 valence electrons. The van der Waals surface area contributed by atoms with Crippen LogP contribution in [0.2, 0.25) is 0 Å². The number of benzene rings is 2. The summed E-state index contributed by atoms with van der Waals surface area (Å²) in [6, 6.07) is 6.99. The highest BCUT2D eigenvalue weighted by Crippen LogP contribution is 2.32. The standard InChI is InChI=1S/C26H22F6N6O5S2/c1-15-33-13-20-23(35-15)44-24(36-20)37-10-11-38(45(40,41)19-8-6-18(7-9-19)43-26(30,31)32)21(14-37)22(39)34-12-16-2-4-17(5-3-16)42-25(27,28)29/h2-9,13,21H,10-12,14H2,1H3,(H,34,39)/t21-/m1/s1. The van der Waals surface area contributed by atoms with Gasteiger partial charge in [0.25, 0.3) is 0 Å². The zero-order chi connectivity index (χ0) is 32.6. The number of nitrogens with zero attached hydrogens (tertiary/aromatic N) is 5. The number of amides is 1. The molecule has 0 aliphatic carbocycles. The number of hydrogen-bond donors (Lipinski definition) is 1. The van der Waals surface area contributed by atoms with Crippen molar-refractivity contribution in [2.24, 2.45) is 0 Å². The number of aromatic nitrogens is 3. The average molecular weight is 677 g/mol. The van der Waals surface area contributed by atoms with E-state index in [1.165, 1.54) is 23.5 Å². The van der Waals surface area contributed by atoms with Crippen LogP contribution < -0.4 is 19.7 Å². The smallest absolute Gasteiger partial charge is 0.406 e. The second-order valence-electron chi connectivity index (χ2n) is 9.61. The minimum atomic E-state index is -4.98. The summed E-state index contributed by atoms with van der Waals surface area (Å²) in [5, 5.41) is 3.08. The first-order chi connectivity index (χ1) is 21.1. The fraction of sp³-hybridized carbons (Fsp3) is 0.308. The van der Waals surface area contributed by atoms with E-state index in [4.69, 9.17) is 0 Å². The Morgan fingerprint density at radius 1 is 0.956 bits per heavy atom. The van der Waals surface area contributed by atoms with Gasteiger partial charge in [0.15, 0.2) is 5.13 Å². The fourth-order valence-electron chi connectivity index (χ4n) is 4.45. The topological polar surface area (TPSA) is 127 Å². The van der Waals surface area contributed by atoms with Crippen LogP contribution in [0.25, 0.3) is 10.3 Å². The van der Waals surface area contributed by atoms with E-state index in [0.29, 0.717) is 26.9 Å². The average Bonchev–Trinajstić information content (AvgIpc) is 3.38. The second-order valence-corrected chi connectivity index (χ2v) is 12.5. The van der Waals surface area contributed by atoms with Crippen molar-refractivity contribution in [1.29, 1.82) is 0 Å². The number of rotatable bonds is 8. The summed E-state index contributed by atoms with van der Waals surface area (Å²) >= 11 is 1.22. The lowest BCUT2D eigenvalue weighted by Crippen LogP contribution is -2.60. The van der Waals surface area contributed by atoms with E-state index in [2.05, 4.69) is 29.7 Å². The largest absolute Gasteiger partial charge is 0.573 e. The number of piperazine rings is 1. The van der Waals surface area contributed by atoms with Crippen molar-refractivity contribution in [2.75, 3.05) is 24.5 Å². The first-order valence-electron chi connectivity index (χ1n) is 12.9. The molecule has 1 amide bonds. The van der Waals surface area contributed by atoms with Crippen LogP contribution in [-0.4, -0.2) is 72.0 Å². The normalized spacial score (nSPS) is 16.5. The van der Waals surface area contributed by atoms with Crippen LogP contribution in [0.5, 0.6) is 11.5 Å². The number of hydrogen-bond acceptors (Lipinski definition) is 10. The molecule has 0 bridgehead atoms. The van der Waals surface area contributed by atoms with Gasteiger partial charge < -0.3 is 19.7 Å². The predicted molar refractivity (Wildman–Crippen MR) is 148 cm³/mol. The van der Waals surface area contributed by atoms with Crippen LogP contribution in [0, 0.1) is 6.92 Å². The Bertz CT molecular complexity index is 1780. The molecule has 5 rings (SSSR count). The Hall–Kier alpha value is -4.23. The number of anilines is 1. The summed E-state index contributed by atoms with van der Waals surface area (Å²) < 4.78 is 111. The van der Waals surface area contributed by atoms with E-state index in [9.17, 15) is 39.6 Å². The van der Waals surface area contributed by atoms with E-state index in [-0.39, 0.29) is 31.1 Å². The van der Waals surface area contributed by atoms with E-state index < -0.39 is 46.2 Å². The van der Waals surface area contributed by atoms with Gasteiger partial charge in [0.2, 0.25) is 15.9 Å². The fourth-order valence-corrected chi connectivity index (χ4v) is 7.01. The van der Waals surface area contributed by atoms with Crippen molar-refractivity contribution in [3.63, 3.8) is 0 Å². The number of carbonyl (C=O) groups is 1. The van der Waals surface area contributed by atoms with Gasteiger partial charge in [0.05, 0.1) is 11.1 Å². The van der Waals surface area contributed by atoms with Gasteiger partial charge in [-0.2, -0.15) is 4.31 Å². The molecule has 0 spiro atoms. The minimum Gasteiger partial charge on any atom is -0.406 e. The molecule has 0 saturated carbocycles. The van der Waals surface area contributed by atoms with Gasteiger partial charge in [0.1, 0.15) is 33.7 Å². The van der Waals surface area contributed by atoms with E-state index >= 15 is 0 Å². The zero-order valence-corrected chi connectivity index (χ0v) is 24.6. The van der Waals surface area contributed by atoms with Gasteiger partial charge in [-0.3, -0.25) is 4.79 Å². The Kier molecular flexibility index (Phi) is 8.78. The second kappa shape index (κ2) is 12.3. The number of halogens is 6. The molecule has 2 aromatic carbocycles. The monoisotopic (exact) mass is 676 g/mol. The maximum atomic E-state index is 13.7. The van der Waals surface area contributed by atoms with Gasteiger partial charge in [0, 0.05) is 26.2 Å². The van der Waals surface area contributed by atoms with Crippen molar-refractivity contribution in [3.05, 3.63) is 66.1 Å². The van der Waals surface area contributed by atoms with Gasteiger partial charge in [-0.25, -0.2) is 23.4 Å². The zero-order valence-electron chi connectivity index (χ0n) is 23.0. The van der Waals surface area contributed by atoms with Crippen LogP contribution in [0.4, 0.5) is 31.5 Å². The molecule has 2 aromatic heterocycles. The molecule has 19 heteroatoms. The summed E-state index contributed by atoms with van der Waals surface area (Å²) in [4.78, 5) is 28.4. The highest BCUT2D eigenvalue weighted by molar-refractivity contribution is 7.89. The lowest BCUT2D eigenvalue weighted by Gasteiger charge is -2.39. The number of alkyl halides is 6. The highest BCUT2D eigenvalue weighted by atomic mass is 32.2. The number of aryl methyl sites for hydroxylation is 1. The molecule has 1 saturated heterocycles. The quantitative estimate of drug-likeness (QED) is 0.271. The number of carbonyl (C=O) groups excluding carboxylic acids is 1. The number of ether oxygens (including phenoxy) is 2. The molecule has 11 nitrogen and oxygen atoms in total. The molecule has 3 heterocycles. The molecule has 4 aromatic rings. The van der Waals surface area contributed by atoms with Gasteiger partial charge in [-0.1, -0.05) is 23.5 Å². The van der Waals surface area contributed by atoms with Crippen molar-refractivity contribution in [2.45, 2.75) is 37.1 Å². The molecule has 0 unspecified atom stereocenters. The molecule has 1 N–H and O–H groups in total. The first kappa shape index (κ1) is 32.2. The molecular formula is C26H22F6N6O5S2. The number of thiazole rings is 1. The van der Waals surface area contributed by atoms with Gasteiger partial charge in [-0.05, 0) is 48.9 Å². The third kappa shape index (κ3) is 7.90. The Labute approximate surface area is 255 Å². The maximum absolute atomic E-state index is 13.7. The molecule has 1 fully saturated rings. The molecule has 1 atom stereocenters. The van der Waals surface area contributed by atoms with Crippen LogP contribution in [0.1, 0.15) is 11.4 Å². The molecule has 0 radical (unpaired) electrons. The third-order valence-electron chi connectivity index (χ3n) is 6.45. The SMILES string of the molecule is Cc1ncc2nc(N3CCN(S(=O)(=O)c4ccc(OC(F)(F)F)cc4)[C@@H](C(=O)NCc4ccc(OC(F)(F)F)cc4)C3)sc2n1. The number of fused-ring (bicyclic) bond motifs is 1. The Morgan fingerprint density at radius 2 is 1.56 bits per heavy atom. The van der Waals surface area contributed by atoms with Gasteiger partial charge in [-0.15, -0.1) is 26.3 Å². The number of nitrogens with one attached hydrogen (secondary N) is 1. The lowest BCUT2D eigenvalue weighted by molar-refractivity contribution is -0.275. The predicted octanol–water partition coefficient (Wildman–Crippen LogP) is 4.39. The summed E-state index contributed by atoms with van der Waals surface area (Å²) in [6.45, 7) is 1.33. The van der Waals surface area contributed by atoms with E-state index in [1.807, 2.05) is 0 Å². The Morgan fingerprint density at radius 3 is 2.16 bits per heavy atom. The molecular weight excluding hydrogens is 654 g/mol. The van der Waals surface area contributed by atoms with Crippen LogP contribution in [0.15, 0.2) is 59.6 Å². The molecule has 45 heavy (non-hydrogen) atoms. The first-order valence-corrected chi connectivity index (χ1v) is 15.2. The highest BCUT2D eigenvalue weighted by Gasteiger charge is 2.41. The minimum absolute atomic E-state index is 0.116. The van der Waals surface area contributed by atoms with Crippen LogP contribution in [0.3, 0.4) is 0 Å². The lowest BCUT2D eigenvalue weighted by atomic mass is 10.1. The van der Waals surface area contributed by atoms with Crippen molar-refractivity contribution in [1.82, 2.24) is 24.6 Å². The third-order valence-corrected chi connectivity index (χ3v) is 9.40.